The Balaban J connectivity index is 1.49. The van der Waals surface area contributed by atoms with Gasteiger partial charge in [-0.15, -0.1) is 0 Å². The molecule has 2 heterocycles. The van der Waals surface area contributed by atoms with E-state index in [-0.39, 0.29) is 43.0 Å². The molecule has 3 atom stereocenters. The van der Waals surface area contributed by atoms with Crippen molar-refractivity contribution >= 4 is 29.5 Å². The van der Waals surface area contributed by atoms with Gasteiger partial charge in [0.25, 0.3) is 0 Å². The van der Waals surface area contributed by atoms with Gasteiger partial charge < -0.3 is 25.1 Å². The molecule has 2 saturated heterocycles. The molecule has 1 aromatic carbocycles. The van der Waals surface area contributed by atoms with E-state index < -0.39 is 23.4 Å². The van der Waals surface area contributed by atoms with E-state index in [4.69, 9.17) is 11.6 Å². The third kappa shape index (κ3) is 6.76. The molecule has 0 radical (unpaired) electrons. The van der Waals surface area contributed by atoms with Crippen LogP contribution in [-0.2, 0) is 9.59 Å². The third-order valence-electron chi connectivity index (χ3n) is 6.76. The topological polar surface area (TPSA) is 105 Å². The average Bonchev–Trinajstić information content (AvgIpc) is 2.98. The Bertz CT molecular complexity index is 917. The van der Waals surface area contributed by atoms with Crippen molar-refractivity contribution in [1.82, 2.24) is 14.7 Å². The molecule has 3 rings (SSSR count). The summed E-state index contributed by atoms with van der Waals surface area (Å²) in [6.45, 7) is 4.14. The Morgan fingerprint density at radius 1 is 1.29 bits per heavy atom. The van der Waals surface area contributed by atoms with E-state index in [0.717, 1.165) is 0 Å². The van der Waals surface area contributed by atoms with E-state index in [2.05, 4.69) is 0 Å². The number of β-amino-alcohol motifs (C(OH)–C–C–N with tert-alkyl or cyclic N) is 2. The van der Waals surface area contributed by atoms with Crippen molar-refractivity contribution in [3.05, 3.63) is 40.7 Å². The lowest BCUT2D eigenvalue weighted by molar-refractivity contribution is -0.132. The first-order valence-electron chi connectivity index (χ1n) is 11.5. The van der Waals surface area contributed by atoms with Crippen molar-refractivity contribution in [2.75, 3.05) is 52.4 Å². The number of amides is 2. The lowest BCUT2D eigenvalue weighted by Gasteiger charge is -2.43. The summed E-state index contributed by atoms with van der Waals surface area (Å²) in [7, 11) is 0. The van der Waals surface area contributed by atoms with Gasteiger partial charge in [-0.2, -0.15) is 0 Å². The molecule has 2 aliphatic rings. The van der Waals surface area contributed by atoms with Crippen LogP contribution in [0.5, 0.6) is 0 Å². The summed E-state index contributed by atoms with van der Waals surface area (Å²) in [5.74, 6) is -0.918. The molecule has 8 nitrogen and oxygen atoms in total. The molecule has 0 saturated carbocycles. The standard InChI is InChI=1S/C24H33ClFN3O5/c1-24(16-30)7-9-27(15-21(24)32)13-18(31)14-29-11-10-28(8-6-23(29)34)22(33)5-3-17-2-4-20(26)19(25)12-17/h2-5,12,18,21,30-32H,6-11,13-16H2,1H3/t18-,21-,24-/m0/s1. The quantitative estimate of drug-likeness (QED) is 0.485. The van der Waals surface area contributed by atoms with Crippen LogP contribution >= 0.6 is 11.6 Å². The van der Waals surface area contributed by atoms with Crippen LogP contribution in [0.15, 0.2) is 24.3 Å². The fourth-order valence-corrected chi connectivity index (χ4v) is 4.45. The molecule has 0 unspecified atom stereocenters. The SMILES string of the molecule is C[C@@]1(CO)CCN(C[C@H](O)CN2CCN(C(=O)C=Cc3ccc(F)c(Cl)c3)CCC2=O)C[C@@H]1O. The predicted molar refractivity (Wildman–Crippen MR) is 126 cm³/mol. The fraction of sp³-hybridized carbons (Fsp3) is 0.583. The van der Waals surface area contributed by atoms with Crippen LogP contribution in [0.1, 0.15) is 25.3 Å². The number of aliphatic hydroxyl groups excluding tert-OH is 3. The molecule has 0 aromatic heterocycles. The first-order chi connectivity index (χ1) is 16.1. The van der Waals surface area contributed by atoms with Crippen molar-refractivity contribution in [2.24, 2.45) is 5.41 Å². The fourth-order valence-electron chi connectivity index (χ4n) is 4.27. The van der Waals surface area contributed by atoms with Crippen LogP contribution in [0.25, 0.3) is 6.08 Å². The Morgan fingerprint density at radius 2 is 2.06 bits per heavy atom. The summed E-state index contributed by atoms with van der Waals surface area (Å²) in [4.78, 5) is 30.2. The highest BCUT2D eigenvalue weighted by atomic mass is 35.5. The van der Waals surface area contributed by atoms with Gasteiger partial charge >= 0.3 is 0 Å². The zero-order chi connectivity index (χ0) is 24.9. The van der Waals surface area contributed by atoms with Crippen LogP contribution in [0.3, 0.4) is 0 Å². The van der Waals surface area contributed by atoms with Gasteiger partial charge in [-0.1, -0.05) is 24.6 Å². The molecular formula is C24H33ClFN3O5. The molecule has 2 amide bonds. The van der Waals surface area contributed by atoms with Gasteiger partial charge in [-0.3, -0.25) is 14.5 Å². The Labute approximate surface area is 204 Å². The zero-order valence-corrected chi connectivity index (χ0v) is 20.1. The summed E-state index contributed by atoms with van der Waals surface area (Å²) < 4.78 is 13.3. The monoisotopic (exact) mass is 497 g/mol. The van der Waals surface area contributed by atoms with E-state index in [1.165, 1.54) is 24.3 Å². The summed E-state index contributed by atoms with van der Waals surface area (Å²) in [5, 5.41) is 30.4. The van der Waals surface area contributed by atoms with E-state index >= 15 is 0 Å². The normalized spacial score (nSPS) is 25.6. The summed E-state index contributed by atoms with van der Waals surface area (Å²) >= 11 is 5.77. The number of likely N-dealkylation sites (tertiary alicyclic amines) is 1. The van der Waals surface area contributed by atoms with Crippen molar-refractivity contribution in [3.63, 3.8) is 0 Å². The van der Waals surface area contributed by atoms with Gasteiger partial charge in [0.05, 0.1) is 23.8 Å². The van der Waals surface area contributed by atoms with Crippen molar-refractivity contribution in [3.8, 4) is 0 Å². The molecule has 188 valence electrons. The van der Waals surface area contributed by atoms with Crippen LogP contribution in [0, 0.1) is 11.2 Å². The van der Waals surface area contributed by atoms with Crippen molar-refractivity contribution in [2.45, 2.75) is 32.0 Å². The number of hydrogen-bond acceptors (Lipinski definition) is 6. The third-order valence-corrected chi connectivity index (χ3v) is 7.05. The molecule has 0 aliphatic carbocycles. The van der Waals surface area contributed by atoms with Gasteiger partial charge in [0.15, 0.2) is 0 Å². The maximum absolute atomic E-state index is 13.3. The van der Waals surface area contributed by atoms with E-state index in [1.807, 2.05) is 11.8 Å². The Hall–Kier alpha value is -2.04. The number of piperidine rings is 1. The molecule has 0 bridgehead atoms. The second-order valence-electron chi connectivity index (χ2n) is 9.41. The first-order valence-corrected chi connectivity index (χ1v) is 11.9. The smallest absolute Gasteiger partial charge is 0.246 e. The number of benzene rings is 1. The molecular weight excluding hydrogens is 465 g/mol. The number of carbonyl (C=O) groups excluding carboxylic acids is 2. The Morgan fingerprint density at radius 3 is 2.74 bits per heavy atom. The number of carbonyl (C=O) groups is 2. The number of hydrogen-bond donors (Lipinski definition) is 3. The molecule has 2 fully saturated rings. The number of halogens is 2. The number of nitrogens with zero attached hydrogens (tertiary/aromatic N) is 3. The predicted octanol–water partition coefficient (Wildman–Crippen LogP) is 0.979. The number of aliphatic hydroxyl groups is 3. The van der Waals surface area contributed by atoms with Gasteiger partial charge in [0.2, 0.25) is 11.8 Å². The molecule has 0 spiro atoms. The lowest BCUT2D eigenvalue weighted by atomic mass is 9.78. The van der Waals surface area contributed by atoms with Crippen LogP contribution in [-0.4, -0.2) is 106 Å². The largest absolute Gasteiger partial charge is 0.396 e. The van der Waals surface area contributed by atoms with Gasteiger partial charge in [-0.05, 0) is 36.7 Å². The second kappa shape index (κ2) is 11.6. The zero-order valence-electron chi connectivity index (χ0n) is 19.4. The molecule has 34 heavy (non-hydrogen) atoms. The molecule has 10 heteroatoms. The molecule has 3 N–H and O–H groups in total. The van der Waals surface area contributed by atoms with Gasteiger partial charge in [0.1, 0.15) is 5.82 Å². The average molecular weight is 498 g/mol. The highest BCUT2D eigenvalue weighted by molar-refractivity contribution is 6.30. The number of rotatable bonds is 7. The Kier molecular flexibility index (Phi) is 9.06. The van der Waals surface area contributed by atoms with E-state index in [9.17, 15) is 29.3 Å². The summed E-state index contributed by atoms with van der Waals surface area (Å²) in [6.07, 6.45) is 2.23. The van der Waals surface area contributed by atoms with E-state index in [0.29, 0.717) is 44.7 Å². The van der Waals surface area contributed by atoms with Gasteiger partial charge in [0, 0.05) is 57.2 Å². The van der Waals surface area contributed by atoms with Crippen molar-refractivity contribution < 1.29 is 29.3 Å². The molecule has 2 aliphatic heterocycles. The maximum atomic E-state index is 13.3. The summed E-state index contributed by atoms with van der Waals surface area (Å²) in [5.41, 5.74) is 0.0628. The van der Waals surface area contributed by atoms with Gasteiger partial charge in [-0.25, -0.2) is 4.39 Å². The minimum atomic E-state index is -0.792. The lowest BCUT2D eigenvalue weighted by Crippen LogP contribution is -2.53. The van der Waals surface area contributed by atoms with Crippen LogP contribution in [0.4, 0.5) is 4.39 Å². The minimum absolute atomic E-state index is 0.0226. The summed E-state index contributed by atoms with van der Waals surface area (Å²) in [6, 6.07) is 4.18. The first kappa shape index (κ1) is 26.6. The second-order valence-corrected chi connectivity index (χ2v) is 9.82. The van der Waals surface area contributed by atoms with Crippen molar-refractivity contribution in [1.29, 1.82) is 0 Å². The van der Waals surface area contributed by atoms with E-state index in [1.54, 1.807) is 15.9 Å². The maximum Gasteiger partial charge on any atom is 0.246 e. The minimum Gasteiger partial charge on any atom is -0.396 e. The highest BCUT2D eigenvalue weighted by Gasteiger charge is 2.38. The van der Waals surface area contributed by atoms with Crippen LogP contribution in [0.2, 0.25) is 5.02 Å². The highest BCUT2D eigenvalue weighted by Crippen LogP contribution is 2.30. The van der Waals surface area contributed by atoms with Crippen LogP contribution < -0.4 is 0 Å². The molecule has 1 aromatic rings.